The number of halogens is 2. The van der Waals surface area contributed by atoms with Gasteiger partial charge in [-0.05, 0) is 55.0 Å². The zero-order valence-corrected chi connectivity index (χ0v) is 16.4. The molecular weight excluding hydrogens is 379 g/mol. The Hall–Kier alpha value is -2.11. The summed E-state index contributed by atoms with van der Waals surface area (Å²) in [4.78, 5) is 15.0. The van der Waals surface area contributed by atoms with Crippen LogP contribution in [0.25, 0.3) is 0 Å². The van der Waals surface area contributed by atoms with Gasteiger partial charge in [0.2, 0.25) is 0 Å². The first-order valence-electron chi connectivity index (χ1n) is 9.82. The minimum absolute atomic E-state index is 0.0351. The largest absolute Gasteiger partial charge is 0.376 e. The molecule has 0 aliphatic carbocycles. The van der Waals surface area contributed by atoms with Crippen LogP contribution in [0.3, 0.4) is 0 Å². The topological polar surface area (TPSA) is 41.6 Å². The monoisotopic (exact) mass is 402 g/mol. The van der Waals surface area contributed by atoms with E-state index in [1.54, 1.807) is 12.1 Å². The van der Waals surface area contributed by atoms with Gasteiger partial charge in [-0.25, -0.2) is 9.18 Å². The van der Waals surface area contributed by atoms with Gasteiger partial charge in [-0.2, -0.15) is 0 Å². The summed E-state index contributed by atoms with van der Waals surface area (Å²) in [6.07, 6.45) is 3.55. The lowest BCUT2D eigenvalue weighted by Gasteiger charge is -2.31. The van der Waals surface area contributed by atoms with Gasteiger partial charge in [-0.3, -0.25) is 0 Å². The highest BCUT2D eigenvalue weighted by Gasteiger charge is 2.35. The van der Waals surface area contributed by atoms with Crippen LogP contribution in [0.2, 0.25) is 5.02 Å². The van der Waals surface area contributed by atoms with E-state index in [4.69, 9.17) is 16.3 Å². The number of nitrogens with zero attached hydrogens (tertiary/aromatic N) is 1. The van der Waals surface area contributed by atoms with Crippen molar-refractivity contribution in [1.82, 2.24) is 10.2 Å². The maximum absolute atomic E-state index is 13.4. The highest BCUT2D eigenvalue weighted by molar-refractivity contribution is 6.31. The molecule has 4 nitrogen and oxygen atoms in total. The van der Waals surface area contributed by atoms with Crippen LogP contribution in [-0.4, -0.2) is 30.2 Å². The molecule has 28 heavy (non-hydrogen) atoms. The number of hydrogen-bond donors (Lipinski definition) is 1. The van der Waals surface area contributed by atoms with Crippen molar-refractivity contribution in [1.29, 1.82) is 0 Å². The van der Waals surface area contributed by atoms with Crippen molar-refractivity contribution in [2.45, 2.75) is 43.9 Å². The van der Waals surface area contributed by atoms with Crippen LogP contribution >= 0.6 is 11.6 Å². The molecule has 3 unspecified atom stereocenters. The van der Waals surface area contributed by atoms with E-state index in [-0.39, 0.29) is 30.0 Å². The third kappa shape index (κ3) is 4.01. The minimum atomic E-state index is -0.303. The fourth-order valence-corrected chi connectivity index (χ4v) is 4.48. The standard InChI is InChI=1S/C22H24ClFN2O2/c23-18-6-2-1-5-17(18)19-7-3-13-26(19)22(27)25-21(20-8-4-14-28-20)15-9-11-16(24)12-10-15/h1-2,5-6,9-12,19-21H,3-4,7-8,13-14H2,(H,25,27). The van der Waals surface area contributed by atoms with Gasteiger partial charge in [-0.1, -0.05) is 41.9 Å². The fourth-order valence-electron chi connectivity index (χ4n) is 4.22. The number of rotatable bonds is 4. The van der Waals surface area contributed by atoms with E-state index in [9.17, 15) is 9.18 Å². The number of carbonyl (C=O) groups excluding carboxylic acids is 1. The smallest absolute Gasteiger partial charge is 0.318 e. The number of urea groups is 1. The molecule has 0 bridgehead atoms. The van der Waals surface area contributed by atoms with Crippen LogP contribution in [-0.2, 0) is 4.74 Å². The van der Waals surface area contributed by atoms with Gasteiger partial charge in [0, 0.05) is 18.2 Å². The van der Waals surface area contributed by atoms with Crippen LogP contribution in [0.15, 0.2) is 48.5 Å². The van der Waals surface area contributed by atoms with E-state index in [0.717, 1.165) is 36.8 Å². The summed E-state index contributed by atoms with van der Waals surface area (Å²) in [5, 5.41) is 3.83. The van der Waals surface area contributed by atoms with E-state index in [1.165, 1.54) is 12.1 Å². The summed E-state index contributed by atoms with van der Waals surface area (Å²) in [6, 6.07) is 13.5. The predicted octanol–water partition coefficient (Wildman–Crippen LogP) is 5.25. The van der Waals surface area contributed by atoms with Crippen molar-refractivity contribution in [2.75, 3.05) is 13.2 Å². The average Bonchev–Trinajstić information content (AvgIpc) is 3.39. The van der Waals surface area contributed by atoms with Crippen LogP contribution in [0.1, 0.15) is 48.9 Å². The summed E-state index contributed by atoms with van der Waals surface area (Å²) < 4.78 is 19.2. The third-order valence-corrected chi connectivity index (χ3v) is 5.97. The van der Waals surface area contributed by atoms with E-state index in [2.05, 4.69) is 5.32 Å². The van der Waals surface area contributed by atoms with Gasteiger partial charge in [0.1, 0.15) is 5.82 Å². The second-order valence-electron chi connectivity index (χ2n) is 7.40. The first-order valence-corrected chi connectivity index (χ1v) is 10.2. The quantitative estimate of drug-likeness (QED) is 0.759. The molecule has 2 aliphatic rings. The summed E-state index contributed by atoms with van der Waals surface area (Å²) in [6.45, 7) is 1.37. The maximum atomic E-state index is 13.4. The highest BCUT2D eigenvalue weighted by Crippen LogP contribution is 2.36. The van der Waals surface area contributed by atoms with Crippen LogP contribution in [0, 0.1) is 5.82 Å². The number of benzene rings is 2. The zero-order chi connectivity index (χ0) is 19.5. The Labute approximate surface area is 169 Å². The van der Waals surface area contributed by atoms with E-state index in [1.807, 2.05) is 29.2 Å². The first kappa shape index (κ1) is 19.2. The first-order chi connectivity index (χ1) is 13.6. The third-order valence-electron chi connectivity index (χ3n) is 5.62. The summed E-state index contributed by atoms with van der Waals surface area (Å²) in [5.41, 5.74) is 1.84. The van der Waals surface area contributed by atoms with Gasteiger partial charge in [0.25, 0.3) is 0 Å². The van der Waals surface area contributed by atoms with E-state index in [0.29, 0.717) is 18.2 Å². The predicted molar refractivity (Wildman–Crippen MR) is 107 cm³/mol. The van der Waals surface area contributed by atoms with Crippen LogP contribution < -0.4 is 5.32 Å². The Kier molecular flexibility index (Phi) is 5.83. The molecule has 2 fully saturated rings. The van der Waals surface area contributed by atoms with Crippen molar-refractivity contribution in [3.05, 3.63) is 70.5 Å². The molecule has 2 amide bonds. The molecule has 2 heterocycles. The second kappa shape index (κ2) is 8.50. The molecule has 4 rings (SSSR count). The summed E-state index contributed by atoms with van der Waals surface area (Å²) in [7, 11) is 0. The number of carbonyl (C=O) groups is 1. The molecule has 0 saturated carbocycles. The number of amides is 2. The average molecular weight is 403 g/mol. The van der Waals surface area contributed by atoms with Crippen molar-refractivity contribution in [3.8, 4) is 0 Å². The molecule has 3 atom stereocenters. The molecule has 2 saturated heterocycles. The van der Waals surface area contributed by atoms with Crippen LogP contribution in [0.4, 0.5) is 9.18 Å². The molecule has 0 aromatic heterocycles. The Morgan fingerprint density at radius 3 is 2.64 bits per heavy atom. The number of hydrogen-bond acceptors (Lipinski definition) is 2. The van der Waals surface area contributed by atoms with Gasteiger partial charge < -0.3 is 15.0 Å². The molecule has 6 heteroatoms. The van der Waals surface area contributed by atoms with Gasteiger partial charge >= 0.3 is 6.03 Å². The van der Waals surface area contributed by atoms with Crippen molar-refractivity contribution < 1.29 is 13.9 Å². The number of nitrogens with one attached hydrogen (secondary N) is 1. The summed E-state index contributed by atoms with van der Waals surface area (Å²) >= 11 is 6.38. The van der Waals surface area contributed by atoms with Gasteiger partial charge in [-0.15, -0.1) is 0 Å². The number of ether oxygens (including phenoxy) is 1. The summed E-state index contributed by atoms with van der Waals surface area (Å²) in [5.74, 6) is -0.292. The van der Waals surface area contributed by atoms with E-state index < -0.39 is 0 Å². The minimum Gasteiger partial charge on any atom is -0.376 e. The zero-order valence-electron chi connectivity index (χ0n) is 15.6. The van der Waals surface area contributed by atoms with Gasteiger partial charge in [0.05, 0.1) is 18.2 Å². The second-order valence-corrected chi connectivity index (χ2v) is 7.81. The Morgan fingerprint density at radius 1 is 1.14 bits per heavy atom. The molecule has 2 aromatic rings. The molecule has 148 valence electrons. The lowest BCUT2D eigenvalue weighted by atomic mass is 9.99. The van der Waals surface area contributed by atoms with Crippen molar-refractivity contribution >= 4 is 17.6 Å². The molecule has 2 aromatic carbocycles. The Morgan fingerprint density at radius 2 is 1.93 bits per heavy atom. The normalized spacial score (nSPS) is 23.0. The molecule has 0 spiro atoms. The molecule has 2 aliphatic heterocycles. The highest BCUT2D eigenvalue weighted by atomic mass is 35.5. The molecular formula is C22H24ClFN2O2. The lowest BCUT2D eigenvalue weighted by molar-refractivity contribution is 0.0775. The fraction of sp³-hybridized carbons (Fsp3) is 0.409. The van der Waals surface area contributed by atoms with E-state index >= 15 is 0 Å². The van der Waals surface area contributed by atoms with Crippen LogP contribution in [0.5, 0.6) is 0 Å². The Bertz CT molecular complexity index is 824. The lowest BCUT2D eigenvalue weighted by Crippen LogP contribution is -2.44. The molecule has 1 N–H and O–H groups in total. The van der Waals surface area contributed by atoms with Crippen molar-refractivity contribution in [3.63, 3.8) is 0 Å². The number of likely N-dealkylation sites (tertiary alicyclic amines) is 1. The van der Waals surface area contributed by atoms with Crippen molar-refractivity contribution in [2.24, 2.45) is 0 Å². The Balaban J connectivity index is 1.55. The van der Waals surface area contributed by atoms with Gasteiger partial charge in [0.15, 0.2) is 0 Å². The molecule has 0 radical (unpaired) electrons. The SMILES string of the molecule is O=C(NC(c1ccc(F)cc1)C1CCCO1)N1CCCC1c1ccccc1Cl. The maximum Gasteiger partial charge on any atom is 0.318 e.